The highest BCUT2D eigenvalue weighted by atomic mass is 16.5. The summed E-state index contributed by atoms with van der Waals surface area (Å²) in [5.74, 6) is 1.23. The first-order chi connectivity index (χ1) is 11.7. The third-order valence-corrected chi connectivity index (χ3v) is 4.61. The number of aromatic nitrogens is 1. The molecule has 0 bridgehead atoms. The molecule has 2 atom stereocenters. The molecule has 0 aliphatic carbocycles. The van der Waals surface area contributed by atoms with E-state index >= 15 is 0 Å². The minimum atomic E-state index is -0.731. The lowest BCUT2D eigenvalue weighted by molar-refractivity contribution is -0.138. The van der Waals surface area contributed by atoms with Gasteiger partial charge in [-0.15, -0.1) is 0 Å². The fraction of sp³-hybridized carbons (Fsp3) is 0.444. The van der Waals surface area contributed by atoms with E-state index in [1.807, 2.05) is 30.3 Å². The van der Waals surface area contributed by atoms with Crippen molar-refractivity contribution in [1.82, 2.24) is 10.5 Å². The number of carbonyl (C=O) groups is 1. The number of piperidine rings is 1. The summed E-state index contributed by atoms with van der Waals surface area (Å²) in [5.41, 5.74) is 1.81. The number of rotatable bonds is 6. The first-order valence-electron chi connectivity index (χ1n) is 8.18. The Labute approximate surface area is 140 Å². The van der Waals surface area contributed by atoms with Gasteiger partial charge in [-0.25, -0.2) is 0 Å². The molecule has 24 heavy (non-hydrogen) atoms. The van der Waals surface area contributed by atoms with Gasteiger partial charge in [0.2, 0.25) is 0 Å². The SMILES string of the molecule is COc1ccc(-c2cc(C[C@@H]3CNCC[C@H]3CC(=O)O)no2)cc1. The van der Waals surface area contributed by atoms with Crippen molar-refractivity contribution in [3.8, 4) is 17.1 Å². The number of nitrogens with zero attached hydrogens (tertiary/aromatic N) is 1. The predicted molar refractivity (Wildman–Crippen MR) is 88.9 cm³/mol. The van der Waals surface area contributed by atoms with Crippen molar-refractivity contribution < 1.29 is 19.2 Å². The zero-order chi connectivity index (χ0) is 16.9. The average Bonchev–Trinajstić information content (AvgIpc) is 3.05. The quantitative estimate of drug-likeness (QED) is 0.847. The van der Waals surface area contributed by atoms with Crippen LogP contribution in [0.25, 0.3) is 11.3 Å². The molecule has 1 aliphatic rings. The van der Waals surface area contributed by atoms with Gasteiger partial charge in [-0.1, -0.05) is 5.16 Å². The number of methoxy groups -OCH3 is 1. The second-order valence-electron chi connectivity index (χ2n) is 6.23. The van der Waals surface area contributed by atoms with E-state index in [9.17, 15) is 4.79 Å². The third-order valence-electron chi connectivity index (χ3n) is 4.61. The van der Waals surface area contributed by atoms with Crippen LogP contribution in [0.4, 0.5) is 0 Å². The van der Waals surface area contributed by atoms with Crippen LogP contribution in [0, 0.1) is 11.8 Å². The summed E-state index contributed by atoms with van der Waals surface area (Å²) >= 11 is 0. The Bertz CT molecular complexity index is 681. The summed E-state index contributed by atoms with van der Waals surface area (Å²) in [4.78, 5) is 11.0. The Morgan fingerprint density at radius 3 is 2.88 bits per heavy atom. The lowest BCUT2D eigenvalue weighted by Gasteiger charge is -2.30. The zero-order valence-corrected chi connectivity index (χ0v) is 13.7. The van der Waals surface area contributed by atoms with Crippen LogP contribution in [0.15, 0.2) is 34.9 Å². The van der Waals surface area contributed by atoms with E-state index in [4.69, 9.17) is 14.4 Å². The summed E-state index contributed by atoms with van der Waals surface area (Å²) in [6.07, 6.45) is 1.83. The zero-order valence-electron chi connectivity index (χ0n) is 13.7. The third kappa shape index (κ3) is 3.94. The van der Waals surface area contributed by atoms with Crippen molar-refractivity contribution in [2.45, 2.75) is 19.3 Å². The Morgan fingerprint density at radius 2 is 2.17 bits per heavy atom. The van der Waals surface area contributed by atoms with Crippen LogP contribution in [0.2, 0.25) is 0 Å². The molecule has 2 heterocycles. The summed E-state index contributed by atoms with van der Waals surface area (Å²) in [7, 11) is 1.63. The van der Waals surface area contributed by atoms with Crippen molar-refractivity contribution in [3.05, 3.63) is 36.0 Å². The molecule has 0 amide bonds. The van der Waals surface area contributed by atoms with Crippen molar-refractivity contribution in [1.29, 1.82) is 0 Å². The van der Waals surface area contributed by atoms with Gasteiger partial charge in [0, 0.05) is 18.1 Å². The van der Waals surface area contributed by atoms with E-state index in [-0.39, 0.29) is 18.3 Å². The molecule has 6 nitrogen and oxygen atoms in total. The van der Waals surface area contributed by atoms with Crippen LogP contribution in [0.5, 0.6) is 5.75 Å². The van der Waals surface area contributed by atoms with Crippen LogP contribution >= 0.6 is 0 Å². The number of nitrogens with one attached hydrogen (secondary N) is 1. The summed E-state index contributed by atoms with van der Waals surface area (Å²) < 4.78 is 10.6. The van der Waals surface area contributed by atoms with Gasteiger partial charge in [-0.3, -0.25) is 4.79 Å². The van der Waals surface area contributed by atoms with Gasteiger partial charge >= 0.3 is 5.97 Å². The van der Waals surface area contributed by atoms with Gasteiger partial charge in [0.05, 0.1) is 12.8 Å². The average molecular weight is 330 g/mol. The number of benzene rings is 1. The molecule has 0 saturated carbocycles. The Hall–Kier alpha value is -2.34. The molecule has 1 saturated heterocycles. The van der Waals surface area contributed by atoms with Crippen molar-refractivity contribution in [2.24, 2.45) is 11.8 Å². The standard InChI is InChI=1S/C18H22N2O4/c1-23-16-4-2-12(3-5-16)17-10-15(20-24-17)8-14-11-19-7-6-13(14)9-18(21)22/h2-5,10,13-14,19H,6-9,11H2,1H3,(H,21,22)/t13-,14+/m0/s1. The second-order valence-corrected chi connectivity index (χ2v) is 6.23. The highest BCUT2D eigenvalue weighted by Gasteiger charge is 2.28. The molecule has 1 aliphatic heterocycles. The van der Waals surface area contributed by atoms with Gasteiger partial charge < -0.3 is 19.7 Å². The van der Waals surface area contributed by atoms with Gasteiger partial charge in [-0.05, 0) is 62.0 Å². The highest BCUT2D eigenvalue weighted by molar-refractivity contribution is 5.67. The topological polar surface area (TPSA) is 84.6 Å². The lowest BCUT2D eigenvalue weighted by atomic mass is 9.81. The smallest absolute Gasteiger partial charge is 0.303 e. The van der Waals surface area contributed by atoms with Crippen LogP contribution in [0.3, 0.4) is 0 Å². The molecular formula is C18H22N2O4. The van der Waals surface area contributed by atoms with Crippen LogP contribution < -0.4 is 10.1 Å². The molecule has 1 aromatic heterocycles. The molecule has 128 valence electrons. The second kappa shape index (κ2) is 7.49. The number of hydrogen-bond donors (Lipinski definition) is 2. The number of carboxylic acids is 1. The first-order valence-corrected chi connectivity index (χ1v) is 8.18. The predicted octanol–water partition coefficient (Wildman–Crippen LogP) is 2.59. The van der Waals surface area contributed by atoms with Gasteiger partial charge in [0.15, 0.2) is 5.76 Å². The monoisotopic (exact) mass is 330 g/mol. The maximum Gasteiger partial charge on any atom is 0.303 e. The minimum absolute atomic E-state index is 0.185. The molecule has 0 spiro atoms. The van der Waals surface area contributed by atoms with Gasteiger partial charge in [0.25, 0.3) is 0 Å². The van der Waals surface area contributed by atoms with E-state index < -0.39 is 5.97 Å². The largest absolute Gasteiger partial charge is 0.497 e. The molecular weight excluding hydrogens is 308 g/mol. The molecule has 1 aromatic carbocycles. The minimum Gasteiger partial charge on any atom is -0.497 e. The summed E-state index contributed by atoms with van der Waals surface area (Å²) in [6, 6.07) is 9.56. The van der Waals surface area contributed by atoms with Crippen LogP contribution in [0.1, 0.15) is 18.5 Å². The number of ether oxygens (including phenoxy) is 1. The number of carboxylic acid groups (broad SMARTS) is 1. The number of aliphatic carboxylic acids is 1. The molecule has 0 radical (unpaired) electrons. The van der Waals surface area contributed by atoms with Crippen molar-refractivity contribution in [3.63, 3.8) is 0 Å². The normalized spacial score (nSPS) is 20.7. The molecule has 3 rings (SSSR count). The Kier molecular flexibility index (Phi) is 5.15. The van der Waals surface area contributed by atoms with Crippen molar-refractivity contribution >= 4 is 5.97 Å². The molecule has 0 unspecified atom stereocenters. The molecule has 2 N–H and O–H groups in total. The van der Waals surface area contributed by atoms with Gasteiger partial charge in [0.1, 0.15) is 5.75 Å². The lowest BCUT2D eigenvalue weighted by Crippen LogP contribution is -2.38. The first kappa shape index (κ1) is 16.5. The Morgan fingerprint density at radius 1 is 1.38 bits per heavy atom. The van der Waals surface area contributed by atoms with Crippen molar-refractivity contribution in [2.75, 3.05) is 20.2 Å². The molecule has 1 fully saturated rings. The van der Waals surface area contributed by atoms with E-state index in [1.165, 1.54) is 0 Å². The maximum absolute atomic E-state index is 11.0. The highest BCUT2D eigenvalue weighted by Crippen LogP contribution is 2.28. The molecule has 2 aromatic rings. The number of hydrogen-bond acceptors (Lipinski definition) is 5. The van der Waals surface area contributed by atoms with E-state index in [0.29, 0.717) is 5.76 Å². The van der Waals surface area contributed by atoms with Crippen LogP contribution in [-0.2, 0) is 11.2 Å². The maximum atomic E-state index is 11.0. The van der Waals surface area contributed by atoms with E-state index in [1.54, 1.807) is 7.11 Å². The summed E-state index contributed by atoms with van der Waals surface area (Å²) in [5, 5.41) is 16.6. The fourth-order valence-electron chi connectivity index (χ4n) is 3.28. The Balaban J connectivity index is 1.69. The van der Waals surface area contributed by atoms with Crippen LogP contribution in [-0.4, -0.2) is 36.4 Å². The fourth-order valence-corrected chi connectivity index (χ4v) is 3.28. The van der Waals surface area contributed by atoms with Gasteiger partial charge in [-0.2, -0.15) is 0 Å². The van der Waals surface area contributed by atoms with E-state index in [0.717, 1.165) is 42.9 Å². The van der Waals surface area contributed by atoms with E-state index in [2.05, 4.69) is 10.5 Å². The molecule has 6 heteroatoms. The summed E-state index contributed by atoms with van der Waals surface area (Å²) in [6.45, 7) is 1.70.